The molecule has 1 aliphatic rings. The number of benzene rings is 1. The lowest BCUT2D eigenvalue weighted by atomic mass is 9.90. The summed E-state index contributed by atoms with van der Waals surface area (Å²) in [5, 5.41) is 3.95. The molecule has 0 radical (unpaired) electrons. The molecule has 0 N–H and O–H groups in total. The molecule has 0 aliphatic carbocycles. The maximum absolute atomic E-state index is 5.30. The molecule has 106 valence electrons. The van der Waals surface area contributed by atoms with Crippen molar-refractivity contribution in [1.82, 2.24) is 10.1 Å². The summed E-state index contributed by atoms with van der Waals surface area (Å²) in [6, 6.07) is 12.9. The van der Waals surface area contributed by atoms with Crippen LogP contribution in [0.25, 0.3) is 0 Å². The molecule has 0 amide bonds. The van der Waals surface area contributed by atoms with Crippen molar-refractivity contribution in [2.45, 2.75) is 32.7 Å². The largest absolute Gasteiger partial charge is 0.360 e. The summed E-state index contributed by atoms with van der Waals surface area (Å²) in [7, 11) is 0. The molecular formula is C17H22N2O. The van der Waals surface area contributed by atoms with E-state index in [-0.39, 0.29) is 0 Å². The second-order valence-electron chi connectivity index (χ2n) is 5.84. The van der Waals surface area contributed by atoms with Crippen molar-refractivity contribution in [2.24, 2.45) is 5.92 Å². The van der Waals surface area contributed by atoms with E-state index >= 15 is 0 Å². The van der Waals surface area contributed by atoms with E-state index in [9.17, 15) is 0 Å². The Labute approximate surface area is 120 Å². The molecule has 1 fully saturated rings. The Balaban J connectivity index is 1.47. The Morgan fingerprint density at radius 1 is 1.20 bits per heavy atom. The van der Waals surface area contributed by atoms with Crippen molar-refractivity contribution in [3.8, 4) is 0 Å². The highest BCUT2D eigenvalue weighted by atomic mass is 16.5. The molecule has 0 atom stereocenters. The van der Waals surface area contributed by atoms with Gasteiger partial charge in [-0.25, -0.2) is 0 Å². The molecule has 0 bridgehead atoms. The number of likely N-dealkylation sites (tertiary alicyclic amines) is 1. The van der Waals surface area contributed by atoms with Crippen molar-refractivity contribution in [1.29, 1.82) is 0 Å². The summed E-state index contributed by atoms with van der Waals surface area (Å²) >= 11 is 0. The van der Waals surface area contributed by atoms with Gasteiger partial charge in [0.2, 0.25) is 0 Å². The molecule has 1 aromatic heterocycles. The van der Waals surface area contributed by atoms with Gasteiger partial charge in [-0.15, -0.1) is 0 Å². The van der Waals surface area contributed by atoms with Crippen LogP contribution in [0.3, 0.4) is 0 Å². The van der Waals surface area contributed by atoms with Crippen LogP contribution in [-0.2, 0) is 13.0 Å². The van der Waals surface area contributed by atoms with Gasteiger partial charge in [-0.05, 0) is 50.8 Å². The number of hydrogen-bond acceptors (Lipinski definition) is 3. The smallest absolute Gasteiger partial charge is 0.150 e. The molecule has 20 heavy (non-hydrogen) atoms. The zero-order valence-electron chi connectivity index (χ0n) is 12.1. The van der Waals surface area contributed by atoms with Gasteiger partial charge in [-0.2, -0.15) is 0 Å². The molecule has 2 heterocycles. The fourth-order valence-electron chi connectivity index (χ4n) is 3.01. The quantitative estimate of drug-likeness (QED) is 0.852. The maximum atomic E-state index is 5.30. The minimum Gasteiger partial charge on any atom is -0.360 e. The molecule has 3 heteroatoms. The predicted molar refractivity (Wildman–Crippen MR) is 79.4 cm³/mol. The lowest BCUT2D eigenvalue weighted by Gasteiger charge is -2.31. The second kappa shape index (κ2) is 6.23. The van der Waals surface area contributed by atoms with E-state index in [1.807, 2.05) is 13.0 Å². The highest BCUT2D eigenvalue weighted by Crippen LogP contribution is 2.22. The SMILES string of the molecule is Cc1cc(CN2CCC(Cc3ccccc3)CC2)on1. The Morgan fingerprint density at radius 2 is 1.95 bits per heavy atom. The molecule has 1 saturated heterocycles. The number of hydrogen-bond donors (Lipinski definition) is 0. The first kappa shape index (κ1) is 13.4. The van der Waals surface area contributed by atoms with Gasteiger partial charge in [0.05, 0.1) is 12.2 Å². The molecule has 3 nitrogen and oxygen atoms in total. The van der Waals surface area contributed by atoms with E-state index < -0.39 is 0 Å². The normalized spacial score (nSPS) is 17.4. The van der Waals surface area contributed by atoms with Gasteiger partial charge in [-0.1, -0.05) is 35.5 Å². The summed E-state index contributed by atoms with van der Waals surface area (Å²) in [5.41, 5.74) is 2.44. The monoisotopic (exact) mass is 270 g/mol. The van der Waals surface area contributed by atoms with Crippen LogP contribution in [0.1, 0.15) is 29.9 Å². The fourth-order valence-corrected chi connectivity index (χ4v) is 3.01. The minimum atomic E-state index is 0.824. The van der Waals surface area contributed by atoms with Gasteiger partial charge in [0, 0.05) is 6.07 Å². The standard InChI is InChI=1S/C17H22N2O/c1-14-11-17(20-18-14)13-19-9-7-16(8-10-19)12-15-5-3-2-4-6-15/h2-6,11,16H,7-10,12-13H2,1H3. The van der Waals surface area contributed by atoms with E-state index in [4.69, 9.17) is 4.52 Å². The highest BCUT2D eigenvalue weighted by molar-refractivity contribution is 5.15. The number of rotatable bonds is 4. The number of piperidine rings is 1. The zero-order chi connectivity index (χ0) is 13.8. The summed E-state index contributed by atoms with van der Waals surface area (Å²) < 4.78 is 5.30. The molecule has 0 saturated carbocycles. The van der Waals surface area contributed by atoms with E-state index in [2.05, 4.69) is 40.4 Å². The van der Waals surface area contributed by atoms with Crippen molar-refractivity contribution < 1.29 is 4.52 Å². The van der Waals surface area contributed by atoms with Crippen LogP contribution in [0.2, 0.25) is 0 Å². The number of nitrogens with zero attached hydrogens (tertiary/aromatic N) is 2. The summed E-state index contributed by atoms with van der Waals surface area (Å²) in [6.07, 6.45) is 3.78. The first-order valence-electron chi connectivity index (χ1n) is 7.48. The van der Waals surface area contributed by atoms with Gasteiger partial charge >= 0.3 is 0 Å². The van der Waals surface area contributed by atoms with E-state index in [1.165, 1.54) is 24.8 Å². The zero-order valence-corrected chi connectivity index (χ0v) is 12.1. The van der Waals surface area contributed by atoms with Crippen molar-refractivity contribution >= 4 is 0 Å². The highest BCUT2D eigenvalue weighted by Gasteiger charge is 2.20. The topological polar surface area (TPSA) is 29.3 Å². The third-order valence-electron chi connectivity index (χ3n) is 4.13. The van der Waals surface area contributed by atoms with Crippen LogP contribution in [0, 0.1) is 12.8 Å². The lowest BCUT2D eigenvalue weighted by Crippen LogP contribution is -2.33. The Morgan fingerprint density at radius 3 is 2.60 bits per heavy atom. The average Bonchev–Trinajstić information content (AvgIpc) is 2.88. The van der Waals surface area contributed by atoms with E-state index in [0.29, 0.717) is 0 Å². The molecule has 0 spiro atoms. The van der Waals surface area contributed by atoms with Crippen LogP contribution in [0.15, 0.2) is 40.9 Å². The molecular weight excluding hydrogens is 248 g/mol. The Bertz CT molecular complexity index is 527. The van der Waals surface area contributed by atoms with Crippen molar-refractivity contribution in [3.05, 3.63) is 53.4 Å². The Kier molecular flexibility index (Phi) is 4.16. The molecule has 1 aromatic carbocycles. The van der Waals surface area contributed by atoms with E-state index in [1.54, 1.807) is 0 Å². The van der Waals surface area contributed by atoms with Crippen LogP contribution in [0.4, 0.5) is 0 Å². The lowest BCUT2D eigenvalue weighted by molar-refractivity contribution is 0.161. The maximum Gasteiger partial charge on any atom is 0.150 e. The summed E-state index contributed by atoms with van der Waals surface area (Å²) in [6.45, 7) is 5.20. The van der Waals surface area contributed by atoms with Gasteiger partial charge in [-0.3, -0.25) is 4.90 Å². The summed E-state index contributed by atoms with van der Waals surface area (Å²) in [4.78, 5) is 2.47. The van der Waals surface area contributed by atoms with E-state index in [0.717, 1.165) is 37.0 Å². The average molecular weight is 270 g/mol. The van der Waals surface area contributed by atoms with Gasteiger partial charge in [0.1, 0.15) is 0 Å². The van der Waals surface area contributed by atoms with Crippen LogP contribution in [-0.4, -0.2) is 23.1 Å². The Hall–Kier alpha value is -1.61. The predicted octanol–water partition coefficient (Wildman–Crippen LogP) is 3.44. The number of aryl methyl sites for hydroxylation is 1. The third kappa shape index (κ3) is 3.48. The van der Waals surface area contributed by atoms with Crippen molar-refractivity contribution in [2.75, 3.05) is 13.1 Å². The van der Waals surface area contributed by atoms with Crippen molar-refractivity contribution in [3.63, 3.8) is 0 Å². The van der Waals surface area contributed by atoms with Gasteiger partial charge in [0.15, 0.2) is 5.76 Å². The van der Waals surface area contributed by atoms with Gasteiger partial charge in [0.25, 0.3) is 0 Å². The summed E-state index contributed by atoms with van der Waals surface area (Å²) in [5.74, 6) is 1.81. The first-order chi connectivity index (χ1) is 9.79. The minimum absolute atomic E-state index is 0.824. The third-order valence-corrected chi connectivity index (χ3v) is 4.13. The molecule has 1 aliphatic heterocycles. The van der Waals surface area contributed by atoms with Crippen LogP contribution in [0.5, 0.6) is 0 Å². The molecule has 2 aromatic rings. The molecule has 3 rings (SSSR count). The van der Waals surface area contributed by atoms with Crippen LogP contribution >= 0.6 is 0 Å². The molecule has 0 unspecified atom stereocenters. The van der Waals surface area contributed by atoms with Crippen LogP contribution < -0.4 is 0 Å². The number of aromatic nitrogens is 1. The fraction of sp³-hybridized carbons (Fsp3) is 0.471. The van der Waals surface area contributed by atoms with Gasteiger partial charge < -0.3 is 4.52 Å². The first-order valence-corrected chi connectivity index (χ1v) is 7.48. The second-order valence-corrected chi connectivity index (χ2v) is 5.84.